The molecule has 1 aromatic rings. The van der Waals surface area contributed by atoms with Crippen molar-refractivity contribution in [3.8, 4) is 0 Å². The minimum absolute atomic E-state index is 0.155. The molecule has 106 valence electrons. The van der Waals surface area contributed by atoms with E-state index in [1.54, 1.807) is 12.1 Å². The third-order valence-electron chi connectivity index (χ3n) is 3.80. The lowest BCUT2D eigenvalue weighted by atomic mass is 10.0. The summed E-state index contributed by atoms with van der Waals surface area (Å²) in [5, 5.41) is 3.38. The molecule has 1 aliphatic heterocycles. The van der Waals surface area contributed by atoms with E-state index in [4.69, 9.17) is 0 Å². The Morgan fingerprint density at radius 1 is 1.53 bits per heavy atom. The van der Waals surface area contributed by atoms with E-state index in [2.05, 4.69) is 31.1 Å². The quantitative estimate of drug-likeness (QED) is 0.890. The largest absolute Gasteiger partial charge is 0.370 e. The predicted octanol–water partition coefficient (Wildman–Crippen LogP) is 3.44. The molecule has 1 N–H and O–H groups in total. The van der Waals surface area contributed by atoms with Crippen LogP contribution in [0.1, 0.15) is 31.9 Å². The van der Waals surface area contributed by atoms with Gasteiger partial charge in [-0.15, -0.1) is 0 Å². The van der Waals surface area contributed by atoms with E-state index in [1.165, 1.54) is 17.9 Å². The van der Waals surface area contributed by atoms with E-state index in [1.807, 2.05) is 17.8 Å². The van der Waals surface area contributed by atoms with Crippen molar-refractivity contribution in [2.75, 3.05) is 30.0 Å². The molecule has 2 atom stereocenters. The van der Waals surface area contributed by atoms with Crippen LogP contribution in [-0.4, -0.2) is 31.1 Å². The van der Waals surface area contributed by atoms with E-state index in [9.17, 15) is 4.39 Å². The van der Waals surface area contributed by atoms with E-state index >= 15 is 0 Å². The van der Waals surface area contributed by atoms with Gasteiger partial charge in [0.1, 0.15) is 5.82 Å². The van der Waals surface area contributed by atoms with Crippen molar-refractivity contribution in [3.63, 3.8) is 0 Å². The Labute approximate surface area is 119 Å². The lowest BCUT2D eigenvalue weighted by Gasteiger charge is -2.30. The van der Waals surface area contributed by atoms with Crippen LogP contribution in [0, 0.1) is 5.82 Å². The van der Waals surface area contributed by atoms with Gasteiger partial charge >= 0.3 is 0 Å². The molecular formula is C15H23FN2S. The summed E-state index contributed by atoms with van der Waals surface area (Å²) in [6.45, 7) is 5.06. The fraction of sp³-hybridized carbons (Fsp3) is 0.600. The summed E-state index contributed by atoms with van der Waals surface area (Å²) in [5.74, 6) is 2.25. The number of hydrogen-bond donors (Lipinski definition) is 1. The normalized spacial score (nSPS) is 20.5. The van der Waals surface area contributed by atoms with Crippen LogP contribution in [0.2, 0.25) is 0 Å². The van der Waals surface area contributed by atoms with Gasteiger partial charge in [0.15, 0.2) is 0 Å². The first kappa shape index (κ1) is 14.7. The Morgan fingerprint density at radius 3 is 2.95 bits per heavy atom. The summed E-state index contributed by atoms with van der Waals surface area (Å²) < 4.78 is 13.5. The molecule has 1 saturated heterocycles. The Bertz CT molecular complexity index is 419. The molecule has 2 nitrogen and oxygen atoms in total. The maximum absolute atomic E-state index is 13.5. The molecule has 2 unspecified atom stereocenters. The average molecular weight is 282 g/mol. The maximum Gasteiger partial charge on any atom is 0.123 e. The second-order valence-corrected chi connectivity index (χ2v) is 6.26. The molecule has 19 heavy (non-hydrogen) atoms. The van der Waals surface area contributed by atoms with Crippen molar-refractivity contribution in [2.24, 2.45) is 0 Å². The van der Waals surface area contributed by atoms with Crippen molar-refractivity contribution in [2.45, 2.75) is 32.4 Å². The third-order valence-corrected chi connectivity index (χ3v) is 4.94. The summed E-state index contributed by atoms with van der Waals surface area (Å²) in [6, 6.07) is 5.90. The van der Waals surface area contributed by atoms with E-state index in [0.717, 1.165) is 17.8 Å². The van der Waals surface area contributed by atoms with Crippen LogP contribution in [0.5, 0.6) is 0 Å². The number of nitrogens with zero attached hydrogens (tertiary/aromatic N) is 1. The highest BCUT2D eigenvalue weighted by Gasteiger charge is 2.23. The number of benzene rings is 1. The van der Waals surface area contributed by atoms with Gasteiger partial charge in [-0.2, -0.15) is 11.8 Å². The number of anilines is 1. The van der Waals surface area contributed by atoms with Crippen LogP contribution in [0.3, 0.4) is 0 Å². The highest BCUT2D eigenvalue weighted by atomic mass is 32.2. The molecule has 0 saturated carbocycles. The van der Waals surface area contributed by atoms with E-state index in [0.29, 0.717) is 6.04 Å². The van der Waals surface area contributed by atoms with Crippen LogP contribution >= 0.6 is 11.8 Å². The first-order chi connectivity index (χ1) is 9.13. The smallest absolute Gasteiger partial charge is 0.123 e. The van der Waals surface area contributed by atoms with Crippen LogP contribution in [0.4, 0.5) is 10.1 Å². The van der Waals surface area contributed by atoms with Crippen LogP contribution < -0.4 is 10.2 Å². The molecule has 0 aliphatic carbocycles. The molecule has 1 fully saturated rings. The SMILES string of the molecule is CCNC(C)c1cc(F)ccc1N(C)C1CCSC1. The Morgan fingerprint density at radius 2 is 2.32 bits per heavy atom. The molecule has 2 rings (SSSR count). The first-order valence-corrected chi connectivity index (χ1v) is 8.12. The number of nitrogens with one attached hydrogen (secondary N) is 1. The predicted molar refractivity (Wildman–Crippen MR) is 82.6 cm³/mol. The molecule has 1 heterocycles. The standard InChI is InChI=1S/C15H23FN2S/c1-4-17-11(2)14-9-12(16)5-6-15(14)18(3)13-7-8-19-10-13/h5-6,9,11,13,17H,4,7-8,10H2,1-3H3. The molecule has 0 aromatic heterocycles. The molecular weight excluding hydrogens is 259 g/mol. The average Bonchev–Trinajstić information content (AvgIpc) is 2.92. The zero-order chi connectivity index (χ0) is 13.8. The highest BCUT2D eigenvalue weighted by molar-refractivity contribution is 7.99. The molecule has 1 aromatic carbocycles. The zero-order valence-corrected chi connectivity index (χ0v) is 12.8. The van der Waals surface area contributed by atoms with Crippen molar-refractivity contribution >= 4 is 17.4 Å². The summed E-state index contributed by atoms with van der Waals surface area (Å²) in [6.07, 6.45) is 1.22. The molecule has 0 bridgehead atoms. The Kier molecular flexibility index (Phi) is 5.11. The van der Waals surface area contributed by atoms with Crippen molar-refractivity contribution in [1.29, 1.82) is 0 Å². The van der Waals surface area contributed by atoms with Crippen LogP contribution in [0.25, 0.3) is 0 Å². The minimum Gasteiger partial charge on any atom is -0.370 e. The van der Waals surface area contributed by atoms with Gasteiger partial charge < -0.3 is 10.2 Å². The Hall–Kier alpha value is -0.740. The van der Waals surface area contributed by atoms with Crippen LogP contribution in [-0.2, 0) is 0 Å². The van der Waals surface area contributed by atoms with E-state index in [-0.39, 0.29) is 11.9 Å². The maximum atomic E-state index is 13.5. The summed E-state index contributed by atoms with van der Waals surface area (Å²) in [4.78, 5) is 2.32. The van der Waals surface area contributed by atoms with Gasteiger partial charge in [0.05, 0.1) is 0 Å². The van der Waals surface area contributed by atoms with Gasteiger partial charge in [-0.1, -0.05) is 6.92 Å². The number of halogens is 1. The summed E-state index contributed by atoms with van der Waals surface area (Å²) in [7, 11) is 2.13. The molecule has 0 spiro atoms. The second kappa shape index (κ2) is 6.62. The molecule has 1 aliphatic rings. The van der Waals surface area contributed by atoms with Crippen molar-refractivity contribution < 1.29 is 4.39 Å². The number of hydrogen-bond acceptors (Lipinski definition) is 3. The van der Waals surface area contributed by atoms with Crippen LogP contribution in [0.15, 0.2) is 18.2 Å². The minimum atomic E-state index is -0.155. The number of thioether (sulfide) groups is 1. The lowest BCUT2D eigenvalue weighted by molar-refractivity contribution is 0.578. The fourth-order valence-electron chi connectivity index (χ4n) is 2.63. The van der Waals surface area contributed by atoms with Gasteiger partial charge in [-0.05, 0) is 49.4 Å². The van der Waals surface area contributed by atoms with Gasteiger partial charge in [0.2, 0.25) is 0 Å². The molecule has 0 amide bonds. The van der Waals surface area contributed by atoms with Gasteiger partial charge in [-0.25, -0.2) is 4.39 Å². The topological polar surface area (TPSA) is 15.3 Å². The first-order valence-electron chi connectivity index (χ1n) is 6.97. The van der Waals surface area contributed by atoms with Gasteiger partial charge in [0, 0.05) is 30.6 Å². The Balaban J connectivity index is 2.27. The highest BCUT2D eigenvalue weighted by Crippen LogP contribution is 2.31. The fourth-order valence-corrected chi connectivity index (χ4v) is 3.90. The summed E-state index contributed by atoms with van der Waals surface area (Å²) >= 11 is 2.00. The monoisotopic (exact) mass is 282 g/mol. The van der Waals surface area contributed by atoms with E-state index < -0.39 is 0 Å². The molecule has 4 heteroatoms. The lowest BCUT2D eigenvalue weighted by Crippen LogP contribution is -2.33. The zero-order valence-electron chi connectivity index (χ0n) is 11.9. The third kappa shape index (κ3) is 3.42. The van der Waals surface area contributed by atoms with Gasteiger partial charge in [0.25, 0.3) is 0 Å². The van der Waals surface area contributed by atoms with Crippen molar-refractivity contribution in [3.05, 3.63) is 29.6 Å². The number of rotatable bonds is 5. The van der Waals surface area contributed by atoms with Crippen molar-refractivity contribution in [1.82, 2.24) is 5.32 Å². The summed E-state index contributed by atoms with van der Waals surface area (Å²) in [5.41, 5.74) is 2.21. The second-order valence-electron chi connectivity index (χ2n) is 5.11. The molecule has 0 radical (unpaired) electrons. The van der Waals surface area contributed by atoms with Gasteiger partial charge in [-0.3, -0.25) is 0 Å².